The molecule has 0 aliphatic rings. The highest BCUT2D eigenvalue weighted by Gasteiger charge is 2.09. The van der Waals surface area contributed by atoms with E-state index in [0.29, 0.717) is 23.6 Å². The van der Waals surface area contributed by atoms with Crippen LogP contribution in [0, 0.1) is 0 Å². The zero-order chi connectivity index (χ0) is 11.5. The van der Waals surface area contributed by atoms with Gasteiger partial charge in [-0.3, -0.25) is 4.79 Å². The van der Waals surface area contributed by atoms with Gasteiger partial charge in [0.05, 0.1) is 12.8 Å². The van der Waals surface area contributed by atoms with Gasteiger partial charge in [0.2, 0.25) is 5.95 Å². The van der Waals surface area contributed by atoms with Crippen LogP contribution < -0.4 is 5.73 Å². The van der Waals surface area contributed by atoms with E-state index in [1.165, 1.54) is 6.20 Å². The second-order valence-corrected chi connectivity index (χ2v) is 3.13. The number of anilines is 1. The van der Waals surface area contributed by atoms with Crippen molar-refractivity contribution in [3.8, 4) is 0 Å². The van der Waals surface area contributed by atoms with Crippen LogP contribution in [0.3, 0.4) is 0 Å². The Morgan fingerprint density at radius 1 is 1.56 bits per heavy atom. The summed E-state index contributed by atoms with van der Waals surface area (Å²) in [5.74, 6) is 0.317. The number of carbonyl (C=O) groups excluding carboxylic acids is 1. The van der Waals surface area contributed by atoms with Crippen LogP contribution in [0.15, 0.2) is 6.20 Å². The second kappa shape index (κ2) is 4.13. The maximum atomic E-state index is 11.2. The van der Waals surface area contributed by atoms with Gasteiger partial charge in [0.1, 0.15) is 17.8 Å². The standard InChI is InChI=1S/C9H11N5O2/c1-2-16-7(15)3-6-12-5-4-11-9(10)14-8(5)13-6/h4H,2-3H2,1H3,(H3,10,11,12,13,14). The van der Waals surface area contributed by atoms with Gasteiger partial charge in [0, 0.05) is 0 Å². The predicted octanol–water partition coefficient (Wildman–Crippen LogP) is 0.0407. The zero-order valence-corrected chi connectivity index (χ0v) is 8.73. The molecular weight excluding hydrogens is 210 g/mol. The molecule has 3 N–H and O–H groups in total. The zero-order valence-electron chi connectivity index (χ0n) is 8.73. The highest BCUT2D eigenvalue weighted by Crippen LogP contribution is 2.09. The van der Waals surface area contributed by atoms with E-state index in [1.807, 2.05) is 0 Å². The van der Waals surface area contributed by atoms with Crippen molar-refractivity contribution < 1.29 is 9.53 Å². The third-order valence-electron chi connectivity index (χ3n) is 1.92. The molecule has 2 rings (SSSR count). The van der Waals surface area contributed by atoms with Crippen LogP contribution in [-0.2, 0) is 16.0 Å². The molecule has 0 spiro atoms. The molecule has 7 nitrogen and oxygen atoms in total. The summed E-state index contributed by atoms with van der Waals surface area (Å²) in [6.45, 7) is 2.11. The lowest BCUT2D eigenvalue weighted by Crippen LogP contribution is -2.08. The van der Waals surface area contributed by atoms with Gasteiger partial charge in [0.25, 0.3) is 0 Å². The number of nitrogen functional groups attached to an aromatic ring is 1. The molecule has 0 amide bonds. The first-order chi connectivity index (χ1) is 7.69. The summed E-state index contributed by atoms with van der Waals surface area (Å²) in [5.41, 5.74) is 6.51. The Balaban J connectivity index is 2.23. The lowest BCUT2D eigenvalue weighted by Gasteiger charge is -1.97. The number of carbonyl (C=O) groups is 1. The minimum Gasteiger partial charge on any atom is -0.466 e. The number of H-pyrrole nitrogens is 1. The molecule has 84 valence electrons. The number of fused-ring (bicyclic) bond motifs is 1. The summed E-state index contributed by atoms with van der Waals surface area (Å²) in [6, 6.07) is 0. The van der Waals surface area contributed by atoms with Crippen molar-refractivity contribution in [3.05, 3.63) is 12.0 Å². The smallest absolute Gasteiger partial charge is 0.313 e. The lowest BCUT2D eigenvalue weighted by atomic mass is 10.4. The molecule has 0 unspecified atom stereocenters. The van der Waals surface area contributed by atoms with Gasteiger partial charge in [-0.1, -0.05) is 0 Å². The lowest BCUT2D eigenvalue weighted by molar-refractivity contribution is -0.142. The number of hydrogen-bond acceptors (Lipinski definition) is 6. The molecule has 0 bridgehead atoms. The number of imidazole rings is 1. The Labute approximate surface area is 91.1 Å². The van der Waals surface area contributed by atoms with Crippen molar-refractivity contribution in [2.24, 2.45) is 0 Å². The van der Waals surface area contributed by atoms with Gasteiger partial charge in [-0.2, -0.15) is 4.98 Å². The Kier molecular flexibility index (Phi) is 2.67. The summed E-state index contributed by atoms with van der Waals surface area (Å²) in [4.78, 5) is 26.0. The third kappa shape index (κ3) is 2.08. The summed E-state index contributed by atoms with van der Waals surface area (Å²) in [7, 11) is 0. The first-order valence-electron chi connectivity index (χ1n) is 4.81. The van der Waals surface area contributed by atoms with Crippen molar-refractivity contribution in [2.45, 2.75) is 13.3 Å². The number of nitrogens with zero attached hydrogens (tertiary/aromatic N) is 3. The first-order valence-corrected chi connectivity index (χ1v) is 4.81. The van der Waals surface area contributed by atoms with Crippen molar-refractivity contribution in [2.75, 3.05) is 12.3 Å². The van der Waals surface area contributed by atoms with E-state index in [9.17, 15) is 4.79 Å². The van der Waals surface area contributed by atoms with E-state index >= 15 is 0 Å². The molecule has 0 radical (unpaired) electrons. The van der Waals surface area contributed by atoms with E-state index < -0.39 is 0 Å². The Hall–Kier alpha value is -2.18. The summed E-state index contributed by atoms with van der Waals surface area (Å²) >= 11 is 0. The molecule has 0 atom stereocenters. The summed E-state index contributed by atoms with van der Waals surface area (Å²) < 4.78 is 4.81. The van der Waals surface area contributed by atoms with Crippen molar-refractivity contribution in [1.82, 2.24) is 19.9 Å². The minimum atomic E-state index is -0.331. The topological polar surface area (TPSA) is 107 Å². The Morgan fingerprint density at radius 3 is 3.12 bits per heavy atom. The Morgan fingerprint density at radius 2 is 2.38 bits per heavy atom. The molecule has 0 aromatic carbocycles. The number of aromatic amines is 1. The minimum absolute atomic E-state index is 0.0874. The van der Waals surface area contributed by atoms with Crippen LogP contribution in [-0.4, -0.2) is 32.5 Å². The highest BCUT2D eigenvalue weighted by atomic mass is 16.5. The molecule has 2 aromatic heterocycles. The quantitative estimate of drug-likeness (QED) is 0.708. The number of esters is 1. The van der Waals surface area contributed by atoms with E-state index in [4.69, 9.17) is 10.5 Å². The predicted molar refractivity (Wildman–Crippen MR) is 56.4 cm³/mol. The van der Waals surface area contributed by atoms with Gasteiger partial charge < -0.3 is 15.5 Å². The normalized spacial score (nSPS) is 10.6. The molecule has 2 heterocycles. The molecular formula is C9H11N5O2. The number of rotatable bonds is 3. The molecule has 0 aliphatic heterocycles. The van der Waals surface area contributed by atoms with Gasteiger partial charge in [0.15, 0.2) is 5.65 Å². The fourth-order valence-corrected chi connectivity index (χ4v) is 1.30. The summed E-state index contributed by atoms with van der Waals surface area (Å²) in [6.07, 6.45) is 1.61. The van der Waals surface area contributed by atoms with Crippen LogP contribution >= 0.6 is 0 Å². The molecule has 7 heteroatoms. The van der Waals surface area contributed by atoms with Crippen LogP contribution in [0.4, 0.5) is 5.95 Å². The van der Waals surface area contributed by atoms with Crippen molar-refractivity contribution in [3.63, 3.8) is 0 Å². The number of nitrogens with two attached hydrogens (primary N) is 1. The van der Waals surface area contributed by atoms with Crippen LogP contribution in [0.2, 0.25) is 0 Å². The molecule has 0 fully saturated rings. The Bertz CT molecular complexity index is 522. The third-order valence-corrected chi connectivity index (χ3v) is 1.92. The molecule has 0 aliphatic carbocycles. The van der Waals surface area contributed by atoms with E-state index in [2.05, 4.69) is 19.9 Å². The van der Waals surface area contributed by atoms with Crippen LogP contribution in [0.25, 0.3) is 11.2 Å². The largest absolute Gasteiger partial charge is 0.466 e. The maximum absolute atomic E-state index is 11.2. The maximum Gasteiger partial charge on any atom is 0.313 e. The molecule has 2 aromatic rings. The van der Waals surface area contributed by atoms with Gasteiger partial charge in [-0.15, -0.1) is 0 Å². The van der Waals surface area contributed by atoms with Gasteiger partial charge in [-0.05, 0) is 6.92 Å². The number of hydrogen-bond donors (Lipinski definition) is 2. The van der Waals surface area contributed by atoms with E-state index in [0.717, 1.165) is 0 Å². The van der Waals surface area contributed by atoms with E-state index in [1.54, 1.807) is 6.92 Å². The van der Waals surface area contributed by atoms with Crippen molar-refractivity contribution in [1.29, 1.82) is 0 Å². The fraction of sp³-hybridized carbons (Fsp3) is 0.333. The average molecular weight is 221 g/mol. The van der Waals surface area contributed by atoms with Crippen molar-refractivity contribution >= 4 is 23.1 Å². The molecule has 0 saturated heterocycles. The van der Waals surface area contributed by atoms with Gasteiger partial charge in [-0.25, -0.2) is 9.97 Å². The number of nitrogens with one attached hydrogen (secondary N) is 1. The highest BCUT2D eigenvalue weighted by molar-refractivity contribution is 5.75. The monoisotopic (exact) mass is 221 g/mol. The van der Waals surface area contributed by atoms with Crippen LogP contribution in [0.5, 0.6) is 0 Å². The number of ether oxygens (including phenoxy) is 1. The van der Waals surface area contributed by atoms with Gasteiger partial charge >= 0.3 is 5.97 Å². The average Bonchev–Trinajstić information content (AvgIpc) is 2.59. The SMILES string of the molecule is CCOC(=O)Cc1nc2nc(N)ncc2[nH]1. The fourth-order valence-electron chi connectivity index (χ4n) is 1.30. The number of aromatic nitrogens is 4. The molecule has 0 saturated carbocycles. The van der Waals surface area contributed by atoms with E-state index in [-0.39, 0.29) is 18.3 Å². The van der Waals surface area contributed by atoms with Crippen LogP contribution in [0.1, 0.15) is 12.7 Å². The first kappa shape index (κ1) is 10.3. The summed E-state index contributed by atoms with van der Waals surface area (Å²) in [5, 5.41) is 0. The second-order valence-electron chi connectivity index (χ2n) is 3.13. The molecule has 16 heavy (non-hydrogen) atoms.